The highest BCUT2D eigenvalue weighted by Gasteiger charge is 2.25. The van der Waals surface area contributed by atoms with E-state index in [-0.39, 0.29) is 0 Å². The molecule has 1 aromatic rings. The molecule has 0 aliphatic carbocycles. The minimum absolute atomic E-state index is 0.350. The minimum atomic E-state index is -0.520. The third-order valence-corrected chi connectivity index (χ3v) is 2.14. The molecule has 5 nitrogen and oxygen atoms in total. The van der Waals surface area contributed by atoms with Gasteiger partial charge in [0.1, 0.15) is 6.61 Å². The van der Waals surface area contributed by atoms with Gasteiger partial charge in [-0.15, -0.1) is 0 Å². The number of hydrogen-bond acceptors (Lipinski definition) is 5. The summed E-state index contributed by atoms with van der Waals surface area (Å²) in [5.41, 5.74) is 5.43. The van der Waals surface area contributed by atoms with Crippen LogP contribution < -0.4 is 5.73 Å². The molecule has 5 heteroatoms. The highest BCUT2D eigenvalue weighted by atomic mass is 16.5. The zero-order chi connectivity index (χ0) is 10.6. The molecule has 1 heterocycles. The van der Waals surface area contributed by atoms with Crippen molar-refractivity contribution in [1.29, 1.82) is 0 Å². The smallest absolute Gasteiger partial charge is 0.252 e. The van der Waals surface area contributed by atoms with Gasteiger partial charge in [-0.25, -0.2) is 0 Å². The fourth-order valence-electron chi connectivity index (χ4n) is 0.893. The highest BCUT2D eigenvalue weighted by molar-refractivity contribution is 5.00. The van der Waals surface area contributed by atoms with Gasteiger partial charge in [0.15, 0.2) is 5.82 Å². The minimum Gasteiger partial charge on any atom is -0.372 e. The molecule has 0 amide bonds. The zero-order valence-corrected chi connectivity index (χ0v) is 8.91. The molecule has 1 rings (SSSR count). The van der Waals surface area contributed by atoms with Crippen LogP contribution >= 0.6 is 0 Å². The van der Waals surface area contributed by atoms with Crippen molar-refractivity contribution in [3.05, 3.63) is 11.7 Å². The lowest BCUT2D eigenvalue weighted by molar-refractivity contribution is 0.109. The molecule has 2 N–H and O–H groups in total. The van der Waals surface area contributed by atoms with Gasteiger partial charge >= 0.3 is 0 Å². The van der Waals surface area contributed by atoms with Crippen molar-refractivity contribution in [2.75, 3.05) is 6.61 Å². The standard InChI is InChI=1S/C9H17N3O2/c1-4-9(3,10)8-11-7(14-12-8)6-13-5-2/h4-6,10H2,1-3H3. The quantitative estimate of drug-likeness (QED) is 0.771. The Hall–Kier alpha value is -0.940. The van der Waals surface area contributed by atoms with E-state index in [1.807, 2.05) is 20.8 Å². The summed E-state index contributed by atoms with van der Waals surface area (Å²) in [6, 6.07) is 0. The maximum absolute atomic E-state index is 5.95. The van der Waals surface area contributed by atoms with Gasteiger partial charge in [-0.1, -0.05) is 12.1 Å². The van der Waals surface area contributed by atoms with E-state index in [0.29, 0.717) is 24.9 Å². The second-order valence-corrected chi connectivity index (χ2v) is 3.42. The van der Waals surface area contributed by atoms with Crippen molar-refractivity contribution in [1.82, 2.24) is 10.1 Å². The van der Waals surface area contributed by atoms with Crippen LogP contribution in [0, 0.1) is 0 Å². The van der Waals surface area contributed by atoms with Crippen LogP contribution in [0.15, 0.2) is 4.52 Å². The van der Waals surface area contributed by atoms with Crippen molar-refractivity contribution >= 4 is 0 Å². The number of ether oxygens (including phenoxy) is 1. The lowest BCUT2D eigenvalue weighted by Gasteiger charge is -2.16. The molecule has 0 aliphatic heterocycles. The molecule has 1 atom stereocenters. The third-order valence-electron chi connectivity index (χ3n) is 2.14. The van der Waals surface area contributed by atoms with Crippen LogP contribution in [0.3, 0.4) is 0 Å². The Morgan fingerprint density at radius 3 is 2.79 bits per heavy atom. The van der Waals surface area contributed by atoms with Crippen LogP contribution in [0.25, 0.3) is 0 Å². The van der Waals surface area contributed by atoms with Gasteiger partial charge in [0, 0.05) is 6.61 Å². The first kappa shape index (κ1) is 11.1. The summed E-state index contributed by atoms with van der Waals surface area (Å²) in [5.74, 6) is 1.02. The Morgan fingerprint density at radius 2 is 2.21 bits per heavy atom. The summed E-state index contributed by atoms with van der Waals surface area (Å²) in [7, 11) is 0. The molecule has 1 aromatic heterocycles. The Labute approximate surface area is 83.6 Å². The van der Waals surface area contributed by atoms with Crippen molar-refractivity contribution in [2.45, 2.75) is 39.3 Å². The maximum Gasteiger partial charge on any atom is 0.252 e. The monoisotopic (exact) mass is 199 g/mol. The largest absolute Gasteiger partial charge is 0.372 e. The van der Waals surface area contributed by atoms with E-state index in [1.165, 1.54) is 0 Å². The third kappa shape index (κ3) is 2.52. The first-order valence-electron chi connectivity index (χ1n) is 4.79. The fraction of sp³-hybridized carbons (Fsp3) is 0.778. The fourth-order valence-corrected chi connectivity index (χ4v) is 0.893. The lowest BCUT2D eigenvalue weighted by atomic mass is 10.0. The predicted molar refractivity (Wildman–Crippen MR) is 51.5 cm³/mol. The van der Waals surface area contributed by atoms with Gasteiger partial charge in [0.25, 0.3) is 5.89 Å². The average Bonchev–Trinajstić information content (AvgIpc) is 2.63. The molecular weight excluding hydrogens is 182 g/mol. The molecule has 0 fully saturated rings. The number of nitrogens with zero attached hydrogens (tertiary/aromatic N) is 2. The predicted octanol–water partition coefficient (Wildman–Crippen LogP) is 1.19. The van der Waals surface area contributed by atoms with Crippen LogP contribution in [0.4, 0.5) is 0 Å². The molecule has 0 spiro atoms. The van der Waals surface area contributed by atoms with E-state index in [4.69, 9.17) is 15.0 Å². The summed E-state index contributed by atoms with van der Waals surface area (Å²) in [6.45, 7) is 6.76. The number of nitrogens with two attached hydrogens (primary N) is 1. The van der Waals surface area contributed by atoms with Gasteiger partial charge in [0.05, 0.1) is 5.54 Å². The SMILES string of the molecule is CCOCc1nc(C(C)(N)CC)no1. The van der Waals surface area contributed by atoms with E-state index >= 15 is 0 Å². The number of hydrogen-bond donors (Lipinski definition) is 1. The molecule has 0 aliphatic rings. The van der Waals surface area contributed by atoms with Crippen LogP contribution in [0.1, 0.15) is 38.9 Å². The summed E-state index contributed by atoms with van der Waals surface area (Å²) in [4.78, 5) is 4.16. The van der Waals surface area contributed by atoms with Gasteiger partial charge in [-0.05, 0) is 20.3 Å². The second kappa shape index (κ2) is 4.52. The van der Waals surface area contributed by atoms with Gasteiger partial charge in [0.2, 0.25) is 0 Å². The van der Waals surface area contributed by atoms with Crippen molar-refractivity contribution in [3.63, 3.8) is 0 Å². The Morgan fingerprint density at radius 1 is 1.50 bits per heavy atom. The molecule has 0 aromatic carbocycles. The first-order chi connectivity index (χ1) is 6.60. The topological polar surface area (TPSA) is 74.2 Å². The lowest BCUT2D eigenvalue weighted by Crippen LogP contribution is -2.33. The van der Waals surface area contributed by atoms with Crippen LogP contribution in [0.5, 0.6) is 0 Å². The van der Waals surface area contributed by atoms with E-state index in [1.54, 1.807) is 0 Å². The highest BCUT2D eigenvalue weighted by Crippen LogP contribution is 2.17. The molecular formula is C9H17N3O2. The molecule has 0 saturated heterocycles. The number of rotatable bonds is 5. The van der Waals surface area contributed by atoms with Crippen molar-refractivity contribution in [2.24, 2.45) is 5.73 Å². The average molecular weight is 199 g/mol. The molecule has 0 bridgehead atoms. The second-order valence-electron chi connectivity index (χ2n) is 3.42. The molecule has 1 unspecified atom stereocenters. The van der Waals surface area contributed by atoms with E-state index in [2.05, 4.69) is 10.1 Å². The normalized spacial score (nSPS) is 15.4. The Kier molecular flexibility index (Phi) is 3.60. The van der Waals surface area contributed by atoms with Gasteiger partial charge < -0.3 is 15.0 Å². The summed E-state index contributed by atoms with van der Waals surface area (Å²) < 4.78 is 10.1. The van der Waals surface area contributed by atoms with Crippen LogP contribution in [-0.2, 0) is 16.9 Å². The summed E-state index contributed by atoms with van der Waals surface area (Å²) >= 11 is 0. The van der Waals surface area contributed by atoms with Crippen molar-refractivity contribution < 1.29 is 9.26 Å². The van der Waals surface area contributed by atoms with Gasteiger partial charge in [-0.3, -0.25) is 0 Å². The van der Waals surface area contributed by atoms with Crippen LogP contribution in [-0.4, -0.2) is 16.7 Å². The molecule has 0 saturated carbocycles. The van der Waals surface area contributed by atoms with Crippen LogP contribution in [0.2, 0.25) is 0 Å². The maximum atomic E-state index is 5.95. The van der Waals surface area contributed by atoms with E-state index < -0.39 is 5.54 Å². The summed E-state index contributed by atoms with van der Waals surface area (Å²) in [6.07, 6.45) is 0.764. The molecule has 0 radical (unpaired) electrons. The molecule has 80 valence electrons. The molecule has 14 heavy (non-hydrogen) atoms. The van der Waals surface area contributed by atoms with Crippen molar-refractivity contribution in [3.8, 4) is 0 Å². The van der Waals surface area contributed by atoms with E-state index in [9.17, 15) is 0 Å². The summed E-state index contributed by atoms with van der Waals surface area (Å²) in [5, 5.41) is 3.82. The van der Waals surface area contributed by atoms with E-state index in [0.717, 1.165) is 6.42 Å². The zero-order valence-electron chi connectivity index (χ0n) is 8.91. The Balaban J connectivity index is 2.67. The number of aromatic nitrogens is 2. The Bertz CT molecular complexity index is 283. The first-order valence-corrected chi connectivity index (χ1v) is 4.79. The van der Waals surface area contributed by atoms with Gasteiger partial charge in [-0.2, -0.15) is 4.98 Å².